The Bertz CT molecular complexity index is 123. The number of nitrogens with zero attached hydrogens (tertiary/aromatic N) is 2. The average molecular weight is 158 g/mol. The van der Waals surface area contributed by atoms with Crippen LogP contribution in [0.15, 0.2) is 0 Å². The van der Waals surface area contributed by atoms with Crippen molar-refractivity contribution in [2.75, 3.05) is 34.2 Å². The Labute approximate surface area is 69.0 Å². The standard InChI is InChI=1S/C8H18N2O/c1-5-10(4)7-6-8(11)9(2)3/h5-7H2,1-4H3. The first kappa shape index (κ1) is 10.4. The van der Waals surface area contributed by atoms with Gasteiger partial charge in [0.1, 0.15) is 0 Å². The highest BCUT2D eigenvalue weighted by molar-refractivity contribution is 5.75. The molecule has 0 bridgehead atoms. The van der Waals surface area contributed by atoms with E-state index in [1.54, 1.807) is 19.0 Å². The molecule has 0 aromatic carbocycles. The average Bonchev–Trinajstić information content (AvgIpc) is 1.99. The van der Waals surface area contributed by atoms with Gasteiger partial charge in [0.25, 0.3) is 0 Å². The summed E-state index contributed by atoms with van der Waals surface area (Å²) in [5.74, 6) is 0.199. The molecule has 3 heteroatoms. The molecule has 0 spiro atoms. The third-order valence-electron chi connectivity index (χ3n) is 1.75. The summed E-state index contributed by atoms with van der Waals surface area (Å²) in [6.07, 6.45) is 0.622. The number of hydrogen-bond acceptors (Lipinski definition) is 2. The van der Waals surface area contributed by atoms with Crippen LogP contribution >= 0.6 is 0 Å². The number of hydrogen-bond donors (Lipinski definition) is 0. The highest BCUT2D eigenvalue weighted by Gasteiger charge is 2.04. The highest BCUT2D eigenvalue weighted by atomic mass is 16.2. The minimum Gasteiger partial charge on any atom is -0.349 e. The lowest BCUT2D eigenvalue weighted by Crippen LogP contribution is -2.27. The third-order valence-corrected chi connectivity index (χ3v) is 1.75. The van der Waals surface area contributed by atoms with Crippen molar-refractivity contribution in [3.63, 3.8) is 0 Å². The molecular weight excluding hydrogens is 140 g/mol. The summed E-state index contributed by atoms with van der Waals surface area (Å²) in [5.41, 5.74) is 0. The molecule has 0 radical (unpaired) electrons. The molecule has 0 aliphatic heterocycles. The monoisotopic (exact) mass is 158 g/mol. The molecule has 3 nitrogen and oxygen atoms in total. The first-order valence-corrected chi connectivity index (χ1v) is 3.96. The van der Waals surface area contributed by atoms with E-state index in [1.807, 2.05) is 7.05 Å². The second kappa shape index (κ2) is 5.13. The molecular formula is C8H18N2O. The molecule has 0 unspecified atom stereocenters. The van der Waals surface area contributed by atoms with Crippen molar-refractivity contribution in [2.24, 2.45) is 0 Å². The van der Waals surface area contributed by atoms with Crippen molar-refractivity contribution in [1.29, 1.82) is 0 Å². The van der Waals surface area contributed by atoms with Gasteiger partial charge in [-0.2, -0.15) is 0 Å². The van der Waals surface area contributed by atoms with Crippen LogP contribution in [0.25, 0.3) is 0 Å². The predicted molar refractivity (Wildman–Crippen MR) is 46.5 cm³/mol. The summed E-state index contributed by atoms with van der Waals surface area (Å²) < 4.78 is 0. The largest absolute Gasteiger partial charge is 0.349 e. The van der Waals surface area contributed by atoms with Crippen LogP contribution in [0.5, 0.6) is 0 Å². The molecule has 0 aromatic rings. The predicted octanol–water partition coefficient (Wildman–Crippen LogP) is 0.416. The van der Waals surface area contributed by atoms with Crippen molar-refractivity contribution >= 4 is 5.91 Å². The topological polar surface area (TPSA) is 23.6 Å². The van der Waals surface area contributed by atoms with E-state index in [9.17, 15) is 4.79 Å². The third kappa shape index (κ3) is 4.79. The summed E-state index contributed by atoms with van der Waals surface area (Å²) in [4.78, 5) is 14.8. The number of amides is 1. The fourth-order valence-corrected chi connectivity index (χ4v) is 0.668. The van der Waals surface area contributed by atoms with Crippen molar-refractivity contribution in [3.05, 3.63) is 0 Å². The highest BCUT2D eigenvalue weighted by Crippen LogP contribution is 1.90. The van der Waals surface area contributed by atoms with Crippen LogP contribution < -0.4 is 0 Å². The maximum Gasteiger partial charge on any atom is 0.223 e. The molecule has 11 heavy (non-hydrogen) atoms. The smallest absolute Gasteiger partial charge is 0.223 e. The molecule has 0 saturated heterocycles. The van der Waals surface area contributed by atoms with Gasteiger partial charge in [0.05, 0.1) is 0 Å². The second-order valence-electron chi connectivity index (χ2n) is 2.93. The van der Waals surface area contributed by atoms with Gasteiger partial charge in [-0.3, -0.25) is 4.79 Å². The van der Waals surface area contributed by atoms with Crippen LogP contribution in [0.3, 0.4) is 0 Å². The Morgan fingerprint density at radius 1 is 1.27 bits per heavy atom. The van der Waals surface area contributed by atoms with Crippen LogP contribution in [0.1, 0.15) is 13.3 Å². The molecule has 0 aromatic heterocycles. The lowest BCUT2D eigenvalue weighted by atomic mass is 10.3. The quantitative estimate of drug-likeness (QED) is 0.592. The summed E-state index contributed by atoms with van der Waals surface area (Å²) in [6.45, 7) is 3.94. The van der Waals surface area contributed by atoms with Crippen molar-refractivity contribution in [3.8, 4) is 0 Å². The second-order valence-corrected chi connectivity index (χ2v) is 2.93. The van der Waals surface area contributed by atoms with Gasteiger partial charge in [-0.1, -0.05) is 6.92 Å². The Kier molecular flexibility index (Phi) is 4.86. The fourth-order valence-electron chi connectivity index (χ4n) is 0.668. The molecule has 0 N–H and O–H groups in total. The summed E-state index contributed by atoms with van der Waals surface area (Å²) in [5, 5.41) is 0. The zero-order valence-electron chi connectivity index (χ0n) is 7.92. The van der Waals surface area contributed by atoms with E-state index in [4.69, 9.17) is 0 Å². The Balaban J connectivity index is 3.46. The minimum atomic E-state index is 0.199. The molecule has 0 fully saturated rings. The van der Waals surface area contributed by atoms with Crippen LogP contribution in [0, 0.1) is 0 Å². The Morgan fingerprint density at radius 3 is 2.18 bits per heavy atom. The van der Waals surface area contributed by atoms with Gasteiger partial charge in [0.2, 0.25) is 5.91 Å². The van der Waals surface area contributed by atoms with E-state index >= 15 is 0 Å². The first-order valence-electron chi connectivity index (χ1n) is 3.96. The maximum absolute atomic E-state index is 11.1. The summed E-state index contributed by atoms with van der Waals surface area (Å²) >= 11 is 0. The molecule has 0 aliphatic carbocycles. The fraction of sp³-hybridized carbons (Fsp3) is 0.875. The van der Waals surface area contributed by atoms with E-state index in [0.29, 0.717) is 6.42 Å². The Morgan fingerprint density at radius 2 is 1.82 bits per heavy atom. The van der Waals surface area contributed by atoms with Gasteiger partial charge < -0.3 is 9.80 Å². The molecule has 1 amide bonds. The summed E-state index contributed by atoms with van der Waals surface area (Å²) in [7, 11) is 5.59. The van der Waals surface area contributed by atoms with Gasteiger partial charge in [-0.25, -0.2) is 0 Å². The van der Waals surface area contributed by atoms with Gasteiger partial charge in [0, 0.05) is 27.1 Å². The van der Waals surface area contributed by atoms with E-state index in [0.717, 1.165) is 13.1 Å². The summed E-state index contributed by atoms with van der Waals surface area (Å²) in [6, 6.07) is 0. The van der Waals surface area contributed by atoms with E-state index in [1.165, 1.54) is 0 Å². The SMILES string of the molecule is CCN(C)CCC(=O)N(C)C. The minimum absolute atomic E-state index is 0.199. The van der Waals surface area contributed by atoms with Crippen molar-refractivity contribution in [2.45, 2.75) is 13.3 Å². The number of carbonyl (C=O) groups is 1. The van der Waals surface area contributed by atoms with Crippen LogP contribution in [0.2, 0.25) is 0 Å². The molecule has 0 atom stereocenters. The molecule has 66 valence electrons. The van der Waals surface area contributed by atoms with Crippen molar-refractivity contribution < 1.29 is 4.79 Å². The van der Waals surface area contributed by atoms with E-state index < -0.39 is 0 Å². The van der Waals surface area contributed by atoms with E-state index in [-0.39, 0.29) is 5.91 Å². The van der Waals surface area contributed by atoms with Crippen LogP contribution in [-0.2, 0) is 4.79 Å². The maximum atomic E-state index is 11.1. The van der Waals surface area contributed by atoms with Gasteiger partial charge in [0.15, 0.2) is 0 Å². The zero-order chi connectivity index (χ0) is 8.85. The normalized spacial score (nSPS) is 10.3. The van der Waals surface area contributed by atoms with Gasteiger partial charge >= 0.3 is 0 Å². The lowest BCUT2D eigenvalue weighted by molar-refractivity contribution is -0.128. The zero-order valence-corrected chi connectivity index (χ0v) is 7.92. The number of carbonyl (C=O) groups excluding carboxylic acids is 1. The molecule has 0 rings (SSSR count). The van der Waals surface area contributed by atoms with Crippen molar-refractivity contribution in [1.82, 2.24) is 9.80 Å². The van der Waals surface area contributed by atoms with Crippen LogP contribution in [0.4, 0.5) is 0 Å². The van der Waals surface area contributed by atoms with Gasteiger partial charge in [-0.05, 0) is 13.6 Å². The van der Waals surface area contributed by atoms with E-state index in [2.05, 4.69) is 11.8 Å². The number of rotatable bonds is 4. The molecule has 0 saturated carbocycles. The first-order chi connectivity index (χ1) is 5.07. The lowest BCUT2D eigenvalue weighted by Gasteiger charge is -2.15. The Hall–Kier alpha value is -0.570. The van der Waals surface area contributed by atoms with Gasteiger partial charge in [-0.15, -0.1) is 0 Å². The molecule has 0 heterocycles. The van der Waals surface area contributed by atoms with Crippen LogP contribution in [-0.4, -0.2) is 49.9 Å². The molecule has 0 aliphatic rings.